The third kappa shape index (κ3) is 7.39. The van der Waals surface area contributed by atoms with Crippen molar-refractivity contribution in [2.75, 3.05) is 13.2 Å². The fourth-order valence-electron chi connectivity index (χ4n) is 6.19. The molecule has 4 heterocycles. The van der Waals surface area contributed by atoms with Gasteiger partial charge in [0.2, 0.25) is 23.8 Å². The molecule has 0 aliphatic carbocycles. The molecule has 1 aromatic heterocycles. The SMILES string of the molecule is C[C@@H]1O[C@@H](OCC2O[C@@H](Oc3cc(O)c4c(=O)c(O[C@@H]5OC(CO)[C@@H](O)C(O)C5O)c(-c5ccc(O)c(O)c5)oc4c3)C(O)[C@@H](O)[C@@H]2O)C(O)C(O)[C@H]1O. The Balaban J connectivity index is 1.31. The highest BCUT2D eigenvalue weighted by Crippen LogP contribution is 2.40. The number of phenols is 3. The Labute approximate surface area is 303 Å². The molecule has 7 unspecified atom stereocenters. The minimum Gasteiger partial charge on any atom is -0.507 e. The maximum Gasteiger partial charge on any atom is 0.239 e. The zero-order valence-electron chi connectivity index (χ0n) is 28.0. The molecular weight excluding hydrogens is 732 g/mol. The predicted molar refractivity (Wildman–Crippen MR) is 173 cm³/mol. The largest absolute Gasteiger partial charge is 0.507 e. The van der Waals surface area contributed by atoms with Crippen molar-refractivity contribution >= 4 is 11.0 Å². The number of aromatic hydroxyl groups is 3. The summed E-state index contributed by atoms with van der Waals surface area (Å²) < 4.78 is 39.1. The van der Waals surface area contributed by atoms with Gasteiger partial charge in [-0.05, 0) is 25.1 Å². The van der Waals surface area contributed by atoms with Crippen LogP contribution in [0.5, 0.6) is 28.7 Å². The predicted octanol–water partition coefficient (Wildman–Crippen LogP) is -4.21. The Kier molecular flexibility index (Phi) is 11.5. The molecule has 3 aliphatic rings. The summed E-state index contributed by atoms with van der Waals surface area (Å²) >= 11 is 0. The molecule has 2 aromatic carbocycles. The van der Waals surface area contributed by atoms with E-state index >= 15 is 0 Å². The maximum absolute atomic E-state index is 13.9. The normalized spacial score (nSPS) is 37.3. The molecule has 21 heteroatoms. The summed E-state index contributed by atoms with van der Waals surface area (Å²) in [5.41, 5.74) is -1.63. The van der Waals surface area contributed by atoms with Gasteiger partial charge in [0, 0.05) is 17.7 Å². The van der Waals surface area contributed by atoms with E-state index in [4.69, 9.17) is 32.8 Å². The molecule has 54 heavy (non-hydrogen) atoms. The highest BCUT2D eigenvalue weighted by Gasteiger charge is 2.48. The second-order valence-corrected chi connectivity index (χ2v) is 13.1. The highest BCUT2D eigenvalue weighted by atomic mass is 16.7. The van der Waals surface area contributed by atoms with E-state index < -0.39 is 150 Å². The quantitative estimate of drug-likeness (QED) is 0.0917. The van der Waals surface area contributed by atoms with Crippen LogP contribution in [0.25, 0.3) is 22.3 Å². The number of ether oxygens (including phenoxy) is 6. The Morgan fingerprint density at radius 1 is 0.630 bits per heavy atom. The zero-order valence-corrected chi connectivity index (χ0v) is 28.0. The molecule has 0 spiro atoms. The number of rotatable bonds is 9. The van der Waals surface area contributed by atoms with E-state index in [1.807, 2.05) is 0 Å². The molecule has 0 bridgehead atoms. The van der Waals surface area contributed by atoms with Gasteiger partial charge in [0.1, 0.15) is 89.6 Å². The first-order valence-corrected chi connectivity index (χ1v) is 16.5. The average molecular weight is 773 g/mol. The van der Waals surface area contributed by atoms with Crippen molar-refractivity contribution in [3.05, 3.63) is 40.6 Å². The van der Waals surface area contributed by atoms with Crippen LogP contribution < -0.4 is 14.9 Å². The van der Waals surface area contributed by atoms with Crippen LogP contribution in [-0.2, 0) is 18.9 Å². The monoisotopic (exact) mass is 772 g/mol. The standard InChI is InChI=1S/C33H40O21/c1-9-19(38)23(42)26(45)31(49-9)48-8-17-21(40)25(44)27(46)32(53-17)50-11-5-14(37)18-15(6-11)51-29(10-2-3-12(35)13(36)4-10)30(22(18)41)54-33-28(47)24(43)20(39)16(7-34)52-33/h2-6,9,16-17,19-21,23-28,31-40,42-47H,7-8H2,1H3/t9-,16?,17?,19-,20+,21+,23?,24?,25-,26?,27?,28?,31+,32+,33-/m0/s1. The Hall–Kier alpha value is -3.91. The van der Waals surface area contributed by atoms with Gasteiger partial charge in [0.15, 0.2) is 23.5 Å². The van der Waals surface area contributed by atoms with E-state index in [1.54, 1.807) is 0 Å². The summed E-state index contributed by atoms with van der Waals surface area (Å²) in [5, 5.41) is 133. The smallest absolute Gasteiger partial charge is 0.239 e. The molecule has 0 saturated carbocycles. The van der Waals surface area contributed by atoms with Crippen molar-refractivity contribution in [2.24, 2.45) is 0 Å². The third-order valence-corrected chi connectivity index (χ3v) is 9.38. The number of hydrogen-bond donors (Lipinski definition) is 13. The molecule has 3 fully saturated rings. The fraction of sp³-hybridized carbons (Fsp3) is 0.545. The first kappa shape index (κ1) is 39.8. The second kappa shape index (κ2) is 15.7. The lowest BCUT2D eigenvalue weighted by Gasteiger charge is -2.42. The summed E-state index contributed by atoms with van der Waals surface area (Å²) in [5.74, 6) is -3.60. The molecule has 3 aromatic rings. The van der Waals surface area contributed by atoms with Gasteiger partial charge in [-0.2, -0.15) is 0 Å². The molecule has 3 saturated heterocycles. The average Bonchev–Trinajstić information content (AvgIpc) is 3.14. The lowest BCUT2D eigenvalue weighted by molar-refractivity contribution is -0.318. The fourth-order valence-corrected chi connectivity index (χ4v) is 6.19. The number of aliphatic hydroxyl groups excluding tert-OH is 10. The Morgan fingerprint density at radius 3 is 1.87 bits per heavy atom. The van der Waals surface area contributed by atoms with Gasteiger partial charge in [-0.3, -0.25) is 4.79 Å². The number of hydrogen-bond acceptors (Lipinski definition) is 21. The van der Waals surface area contributed by atoms with E-state index in [0.717, 1.165) is 24.3 Å². The lowest BCUT2D eigenvalue weighted by atomic mass is 9.98. The van der Waals surface area contributed by atoms with Crippen LogP contribution in [-0.4, -0.2) is 172 Å². The minimum atomic E-state index is -1.98. The van der Waals surface area contributed by atoms with Crippen LogP contribution in [0.4, 0.5) is 0 Å². The van der Waals surface area contributed by atoms with E-state index in [-0.39, 0.29) is 11.3 Å². The van der Waals surface area contributed by atoms with E-state index in [1.165, 1.54) is 13.0 Å². The summed E-state index contributed by atoms with van der Waals surface area (Å²) in [6.45, 7) is -0.00631. The number of fused-ring (bicyclic) bond motifs is 1. The van der Waals surface area contributed by atoms with E-state index in [0.29, 0.717) is 0 Å². The molecule has 0 radical (unpaired) electrons. The van der Waals surface area contributed by atoms with Crippen molar-refractivity contribution in [1.29, 1.82) is 0 Å². The van der Waals surface area contributed by atoms with E-state index in [9.17, 15) is 71.2 Å². The van der Waals surface area contributed by atoms with Crippen LogP contribution in [0.2, 0.25) is 0 Å². The third-order valence-electron chi connectivity index (χ3n) is 9.38. The molecule has 21 nitrogen and oxygen atoms in total. The van der Waals surface area contributed by atoms with Crippen LogP contribution in [0, 0.1) is 0 Å². The van der Waals surface area contributed by atoms with Crippen LogP contribution in [0.1, 0.15) is 6.92 Å². The molecule has 0 amide bonds. The molecule has 6 rings (SSSR count). The van der Waals surface area contributed by atoms with Gasteiger partial charge in [0.05, 0.1) is 19.3 Å². The summed E-state index contributed by atoms with van der Waals surface area (Å²) in [6.07, 6.45) is -25.0. The van der Waals surface area contributed by atoms with Crippen molar-refractivity contribution in [1.82, 2.24) is 0 Å². The van der Waals surface area contributed by atoms with Gasteiger partial charge in [-0.1, -0.05) is 0 Å². The second-order valence-electron chi connectivity index (χ2n) is 13.1. The van der Waals surface area contributed by atoms with Crippen molar-refractivity contribution in [2.45, 2.75) is 99.0 Å². The first-order valence-electron chi connectivity index (χ1n) is 16.5. The van der Waals surface area contributed by atoms with Crippen molar-refractivity contribution in [3.8, 4) is 40.1 Å². The van der Waals surface area contributed by atoms with Gasteiger partial charge < -0.3 is 99.2 Å². The first-order chi connectivity index (χ1) is 25.5. The van der Waals surface area contributed by atoms with Gasteiger partial charge in [-0.15, -0.1) is 0 Å². The van der Waals surface area contributed by atoms with Gasteiger partial charge in [-0.25, -0.2) is 0 Å². The van der Waals surface area contributed by atoms with Crippen molar-refractivity contribution < 1.29 is 99.2 Å². The summed E-state index contributed by atoms with van der Waals surface area (Å²) in [7, 11) is 0. The molecule has 3 aliphatic heterocycles. The molecule has 15 atom stereocenters. The Bertz CT molecular complexity index is 1850. The summed E-state index contributed by atoms with van der Waals surface area (Å²) in [4.78, 5) is 13.9. The number of phenolic OH excluding ortho intramolecular Hbond substituents is 3. The zero-order chi connectivity index (χ0) is 39.3. The topological polar surface area (TPSA) is 349 Å². The molecule has 13 N–H and O–H groups in total. The number of aliphatic hydroxyl groups is 10. The Morgan fingerprint density at radius 2 is 1.22 bits per heavy atom. The van der Waals surface area contributed by atoms with E-state index in [2.05, 4.69) is 0 Å². The highest BCUT2D eigenvalue weighted by molar-refractivity contribution is 5.88. The van der Waals surface area contributed by atoms with Gasteiger partial charge in [0.25, 0.3) is 0 Å². The van der Waals surface area contributed by atoms with Crippen LogP contribution in [0.15, 0.2) is 39.5 Å². The van der Waals surface area contributed by atoms with Crippen molar-refractivity contribution in [3.63, 3.8) is 0 Å². The molecular formula is C33H40O21. The van der Waals surface area contributed by atoms with Crippen LogP contribution >= 0.6 is 0 Å². The minimum absolute atomic E-state index is 0.107. The lowest BCUT2D eigenvalue weighted by Crippen LogP contribution is -2.61. The summed E-state index contributed by atoms with van der Waals surface area (Å²) in [6, 6.07) is 5.15. The maximum atomic E-state index is 13.9. The molecule has 298 valence electrons. The van der Waals surface area contributed by atoms with Gasteiger partial charge >= 0.3 is 0 Å². The number of benzene rings is 2. The van der Waals surface area contributed by atoms with Crippen LogP contribution in [0.3, 0.4) is 0 Å².